The maximum Gasteiger partial charge on any atom is 0.293 e. The fraction of sp³-hybridized carbons (Fsp3) is 0.227. The molecular formula is C22H19ClFN3O3. The fourth-order valence-corrected chi connectivity index (χ4v) is 4.19. The monoisotopic (exact) mass is 427 g/mol. The first kappa shape index (κ1) is 20.1. The SMILES string of the molecule is Cc1cnoc1C(=O)N(Cc1ccccc1C(N)=O)[C@@H]1CCc2c(F)cc(Cl)cc21. The van der Waals surface area contributed by atoms with Crippen molar-refractivity contribution in [3.8, 4) is 0 Å². The smallest absolute Gasteiger partial charge is 0.293 e. The molecule has 3 aromatic rings. The van der Waals surface area contributed by atoms with Crippen LogP contribution in [-0.4, -0.2) is 21.9 Å². The molecule has 30 heavy (non-hydrogen) atoms. The van der Waals surface area contributed by atoms with Crippen LogP contribution >= 0.6 is 11.6 Å². The van der Waals surface area contributed by atoms with E-state index in [4.69, 9.17) is 21.9 Å². The van der Waals surface area contributed by atoms with Crippen LogP contribution in [0.1, 0.15) is 55.6 Å². The minimum atomic E-state index is -0.588. The number of fused-ring (bicyclic) bond motifs is 1. The van der Waals surface area contributed by atoms with Gasteiger partial charge in [0.15, 0.2) is 0 Å². The van der Waals surface area contributed by atoms with Gasteiger partial charge in [-0.3, -0.25) is 9.59 Å². The number of carbonyl (C=O) groups excluding carboxylic acids is 2. The predicted octanol–water partition coefficient (Wildman–Crippen LogP) is 4.20. The van der Waals surface area contributed by atoms with E-state index in [0.29, 0.717) is 40.7 Å². The summed E-state index contributed by atoms with van der Waals surface area (Å²) in [5, 5.41) is 3.96. The number of aryl methyl sites for hydroxylation is 1. The lowest BCUT2D eigenvalue weighted by Crippen LogP contribution is -2.34. The van der Waals surface area contributed by atoms with Crippen molar-refractivity contribution in [1.82, 2.24) is 10.1 Å². The van der Waals surface area contributed by atoms with E-state index < -0.39 is 17.9 Å². The molecule has 0 aliphatic heterocycles. The Morgan fingerprint density at radius 1 is 1.33 bits per heavy atom. The molecule has 4 rings (SSSR count). The van der Waals surface area contributed by atoms with Crippen LogP contribution in [0.2, 0.25) is 5.02 Å². The Kier molecular flexibility index (Phi) is 5.30. The Morgan fingerprint density at radius 3 is 2.80 bits per heavy atom. The molecule has 0 bridgehead atoms. The minimum Gasteiger partial charge on any atom is -0.366 e. The molecule has 1 aliphatic carbocycles. The summed E-state index contributed by atoms with van der Waals surface area (Å²) in [7, 11) is 0. The number of hydrogen-bond acceptors (Lipinski definition) is 4. The number of benzene rings is 2. The highest BCUT2D eigenvalue weighted by molar-refractivity contribution is 6.30. The second-order valence-corrected chi connectivity index (χ2v) is 7.74. The Hall–Kier alpha value is -3.19. The van der Waals surface area contributed by atoms with Gasteiger partial charge in [-0.2, -0.15) is 0 Å². The van der Waals surface area contributed by atoms with Crippen molar-refractivity contribution in [3.63, 3.8) is 0 Å². The quantitative estimate of drug-likeness (QED) is 0.660. The molecule has 6 nitrogen and oxygen atoms in total. The third-order valence-corrected chi connectivity index (χ3v) is 5.64. The van der Waals surface area contributed by atoms with Crippen molar-refractivity contribution in [2.24, 2.45) is 5.73 Å². The number of amides is 2. The van der Waals surface area contributed by atoms with Crippen molar-refractivity contribution in [2.75, 3.05) is 0 Å². The molecule has 0 saturated carbocycles. The highest BCUT2D eigenvalue weighted by Crippen LogP contribution is 2.40. The molecule has 1 heterocycles. The number of halogens is 2. The van der Waals surface area contributed by atoms with E-state index in [2.05, 4.69) is 5.16 Å². The Bertz CT molecular complexity index is 1140. The summed E-state index contributed by atoms with van der Waals surface area (Å²) < 4.78 is 19.6. The number of primary amides is 1. The standard InChI is InChI=1S/C22H19ClFN3O3/c1-12-10-26-30-20(12)22(29)27(11-13-4-2-3-5-15(13)21(25)28)19-7-6-16-17(19)8-14(23)9-18(16)24/h2-5,8-10,19H,6-7,11H2,1H3,(H2,25,28)/t19-/m1/s1. The molecule has 0 radical (unpaired) electrons. The van der Waals surface area contributed by atoms with Gasteiger partial charge in [-0.1, -0.05) is 35.0 Å². The molecule has 2 N–H and O–H groups in total. The lowest BCUT2D eigenvalue weighted by Gasteiger charge is -2.30. The molecule has 1 aromatic heterocycles. The third-order valence-electron chi connectivity index (χ3n) is 5.42. The van der Waals surface area contributed by atoms with Crippen LogP contribution in [0.3, 0.4) is 0 Å². The Morgan fingerprint density at radius 2 is 2.10 bits per heavy atom. The first-order valence-corrected chi connectivity index (χ1v) is 9.82. The molecular weight excluding hydrogens is 409 g/mol. The first-order valence-electron chi connectivity index (χ1n) is 9.44. The number of carbonyl (C=O) groups is 2. The summed E-state index contributed by atoms with van der Waals surface area (Å²) in [6, 6.07) is 9.34. The lowest BCUT2D eigenvalue weighted by atomic mass is 10.0. The van der Waals surface area contributed by atoms with E-state index in [1.54, 1.807) is 42.2 Å². The average molecular weight is 428 g/mol. The van der Waals surface area contributed by atoms with Gasteiger partial charge in [0.25, 0.3) is 5.91 Å². The fourth-order valence-electron chi connectivity index (χ4n) is 3.98. The summed E-state index contributed by atoms with van der Waals surface area (Å²) >= 11 is 6.10. The molecule has 0 spiro atoms. The summed E-state index contributed by atoms with van der Waals surface area (Å²) in [5.74, 6) is -1.28. The molecule has 0 fully saturated rings. The summed E-state index contributed by atoms with van der Waals surface area (Å²) in [6.07, 6.45) is 2.45. The summed E-state index contributed by atoms with van der Waals surface area (Å²) in [5.41, 5.74) is 8.21. The van der Waals surface area contributed by atoms with Crippen LogP contribution in [0.25, 0.3) is 0 Å². The van der Waals surface area contributed by atoms with Crippen molar-refractivity contribution in [1.29, 1.82) is 0 Å². The molecule has 8 heteroatoms. The zero-order chi connectivity index (χ0) is 21.4. The highest BCUT2D eigenvalue weighted by atomic mass is 35.5. The third kappa shape index (κ3) is 3.57. The van der Waals surface area contributed by atoms with E-state index >= 15 is 0 Å². The van der Waals surface area contributed by atoms with Gasteiger partial charge in [-0.05, 0) is 54.7 Å². The second kappa shape index (κ2) is 7.91. The van der Waals surface area contributed by atoms with Gasteiger partial charge in [0.05, 0.1) is 12.2 Å². The van der Waals surface area contributed by atoms with Gasteiger partial charge in [0.1, 0.15) is 5.82 Å². The molecule has 154 valence electrons. The maximum absolute atomic E-state index is 14.4. The average Bonchev–Trinajstić information content (AvgIpc) is 3.32. The number of aromatic nitrogens is 1. The lowest BCUT2D eigenvalue weighted by molar-refractivity contribution is 0.0612. The van der Waals surface area contributed by atoms with E-state index in [9.17, 15) is 14.0 Å². The zero-order valence-corrected chi connectivity index (χ0v) is 16.9. The van der Waals surface area contributed by atoms with Crippen LogP contribution < -0.4 is 5.73 Å². The molecule has 2 aromatic carbocycles. The van der Waals surface area contributed by atoms with Crippen molar-refractivity contribution in [2.45, 2.75) is 32.4 Å². The normalized spacial score (nSPS) is 15.1. The number of nitrogens with two attached hydrogens (primary N) is 1. The van der Waals surface area contributed by atoms with E-state index in [-0.39, 0.29) is 23.1 Å². The van der Waals surface area contributed by atoms with E-state index in [1.165, 1.54) is 12.3 Å². The summed E-state index contributed by atoms with van der Waals surface area (Å²) in [4.78, 5) is 26.9. The number of nitrogens with zero attached hydrogens (tertiary/aromatic N) is 2. The largest absolute Gasteiger partial charge is 0.366 e. The molecule has 0 saturated heterocycles. The molecule has 0 unspecified atom stereocenters. The first-order chi connectivity index (χ1) is 14.4. The van der Waals surface area contributed by atoms with Gasteiger partial charge >= 0.3 is 0 Å². The van der Waals surface area contributed by atoms with Crippen LogP contribution in [0, 0.1) is 12.7 Å². The summed E-state index contributed by atoms with van der Waals surface area (Å²) in [6.45, 7) is 1.81. The van der Waals surface area contributed by atoms with Crippen LogP contribution in [0.4, 0.5) is 4.39 Å². The van der Waals surface area contributed by atoms with Gasteiger partial charge in [0.2, 0.25) is 11.7 Å². The number of rotatable bonds is 5. The molecule has 1 atom stereocenters. The number of hydrogen-bond donors (Lipinski definition) is 1. The van der Waals surface area contributed by atoms with Crippen LogP contribution in [0.5, 0.6) is 0 Å². The molecule has 2 amide bonds. The van der Waals surface area contributed by atoms with Crippen LogP contribution in [-0.2, 0) is 13.0 Å². The highest BCUT2D eigenvalue weighted by Gasteiger charge is 2.35. The minimum absolute atomic E-state index is 0.0936. The van der Waals surface area contributed by atoms with Crippen molar-refractivity contribution < 1.29 is 18.5 Å². The topological polar surface area (TPSA) is 89.4 Å². The Labute approximate surface area is 177 Å². The Balaban J connectivity index is 1.80. The van der Waals surface area contributed by atoms with Crippen LogP contribution in [0.15, 0.2) is 47.1 Å². The van der Waals surface area contributed by atoms with Crippen molar-refractivity contribution >= 4 is 23.4 Å². The maximum atomic E-state index is 14.4. The second-order valence-electron chi connectivity index (χ2n) is 7.30. The predicted molar refractivity (Wildman–Crippen MR) is 109 cm³/mol. The zero-order valence-electron chi connectivity index (χ0n) is 16.2. The van der Waals surface area contributed by atoms with Gasteiger partial charge in [0, 0.05) is 22.7 Å². The van der Waals surface area contributed by atoms with Gasteiger partial charge < -0.3 is 15.2 Å². The van der Waals surface area contributed by atoms with E-state index in [1.807, 2.05) is 0 Å². The van der Waals surface area contributed by atoms with Gasteiger partial charge in [-0.25, -0.2) is 4.39 Å². The van der Waals surface area contributed by atoms with E-state index in [0.717, 1.165) is 0 Å². The van der Waals surface area contributed by atoms with Crippen molar-refractivity contribution in [3.05, 3.63) is 87.0 Å². The van der Waals surface area contributed by atoms with Gasteiger partial charge in [-0.15, -0.1) is 0 Å². The molecule has 1 aliphatic rings.